The van der Waals surface area contributed by atoms with Gasteiger partial charge in [-0.15, -0.1) is 11.3 Å². The van der Waals surface area contributed by atoms with Crippen LogP contribution in [0, 0.1) is 0 Å². The molecule has 0 amide bonds. The minimum Gasteiger partial charge on any atom is -0.292 e. The molecule has 2 nitrogen and oxygen atoms in total. The molecule has 240 valence electrons. The van der Waals surface area contributed by atoms with Crippen molar-refractivity contribution in [2.24, 2.45) is 0 Å². The lowest BCUT2D eigenvalue weighted by atomic mass is 9.85. The van der Waals surface area contributed by atoms with Crippen molar-refractivity contribution in [1.29, 1.82) is 0 Å². The monoisotopic (exact) mass is 676 g/mol. The lowest BCUT2D eigenvalue weighted by molar-refractivity contribution is 1.31. The van der Waals surface area contributed by atoms with E-state index in [9.17, 15) is 0 Å². The number of fused-ring (bicyclic) bond motifs is 15. The molecule has 12 rings (SSSR count). The van der Waals surface area contributed by atoms with Crippen LogP contribution in [0.3, 0.4) is 0 Å². The quantitative estimate of drug-likeness (QED) is 0.132. The molecule has 9 aromatic carbocycles. The molecular formula is C49H28N2S. The first-order chi connectivity index (χ1) is 25.8. The summed E-state index contributed by atoms with van der Waals surface area (Å²) in [6, 6.07) is 62.5. The van der Waals surface area contributed by atoms with Gasteiger partial charge in [-0.05, 0) is 90.3 Å². The molecule has 0 unspecified atom stereocenters. The fraction of sp³-hybridized carbons (Fsp3) is 0. The highest BCUT2D eigenvalue weighted by Gasteiger charge is 2.20. The van der Waals surface area contributed by atoms with E-state index in [2.05, 4.69) is 174 Å². The zero-order valence-electron chi connectivity index (χ0n) is 28.0. The maximum Gasteiger partial charge on any atom is 0.146 e. The van der Waals surface area contributed by atoms with Crippen LogP contribution in [0.2, 0.25) is 0 Å². The molecule has 0 spiro atoms. The predicted octanol–water partition coefficient (Wildman–Crippen LogP) is 14.0. The number of hydrogen-bond acceptors (Lipinski definition) is 2. The van der Waals surface area contributed by atoms with E-state index in [1.807, 2.05) is 11.3 Å². The largest absolute Gasteiger partial charge is 0.292 e. The molecule has 0 N–H and O–H groups in total. The van der Waals surface area contributed by atoms with E-state index in [4.69, 9.17) is 4.98 Å². The van der Waals surface area contributed by atoms with Gasteiger partial charge in [-0.1, -0.05) is 140 Å². The highest BCUT2D eigenvalue weighted by atomic mass is 32.1. The van der Waals surface area contributed by atoms with Gasteiger partial charge in [0.25, 0.3) is 0 Å². The van der Waals surface area contributed by atoms with Crippen molar-refractivity contribution >= 4 is 102 Å². The maximum atomic E-state index is 5.10. The smallest absolute Gasteiger partial charge is 0.146 e. The summed E-state index contributed by atoms with van der Waals surface area (Å²) >= 11 is 1.91. The lowest BCUT2D eigenvalue weighted by Crippen LogP contribution is -1.94. The third-order valence-electron chi connectivity index (χ3n) is 11.1. The van der Waals surface area contributed by atoms with Crippen molar-refractivity contribution < 1.29 is 0 Å². The van der Waals surface area contributed by atoms with Crippen molar-refractivity contribution in [1.82, 2.24) is 9.38 Å². The summed E-state index contributed by atoms with van der Waals surface area (Å²) < 4.78 is 5.02. The summed E-state index contributed by atoms with van der Waals surface area (Å²) in [7, 11) is 0. The molecule has 0 atom stereocenters. The van der Waals surface area contributed by atoms with Crippen LogP contribution in [0.4, 0.5) is 0 Å². The highest BCUT2D eigenvalue weighted by Crippen LogP contribution is 2.47. The Kier molecular flexibility index (Phi) is 5.68. The van der Waals surface area contributed by atoms with Crippen LogP contribution in [0.5, 0.6) is 0 Å². The topological polar surface area (TPSA) is 17.3 Å². The van der Waals surface area contributed by atoms with Crippen molar-refractivity contribution in [3.63, 3.8) is 0 Å². The highest BCUT2D eigenvalue weighted by molar-refractivity contribution is 7.26. The Hall–Kier alpha value is -6.55. The normalized spacial score (nSPS) is 12.2. The van der Waals surface area contributed by atoms with E-state index in [0.29, 0.717) is 0 Å². The van der Waals surface area contributed by atoms with E-state index < -0.39 is 0 Å². The van der Waals surface area contributed by atoms with Crippen LogP contribution in [0.1, 0.15) is 0 Å². The molecule has 0 bridgehead atoms. The molecule has 52 heavy (non-hydrogen) atoms. The van der Waals surface area contributed by atoms with Gasteiger partial charge in [-0.2, -0.15) is 0 Å². The minimum absolute atomic E-state index is 1.00. The fourth-order valence-corrected chi connectivity index (χ4v) is 10.2. The van der Waals surface area contributed by atoms with Gasteiger partial charge in [0.05, 0.1) is 16.6 Å². The average Bonchev–Trinajstić information content (AvgIpc) is 3.79. The number of para-hydroxylation sites is 2. The van der Waals surface area contributed by atoms with Crippen LogP contribution >= 0.6 is 11.3 Å². The van der Waals surface area contributed by atoms with Gasteiger partial charge in [-0.3, -0.25) is 4.40 Å². The van der Waals surface area contributed by atoms with Gasteiger partial charge in [0.2, 0.25) is 0 Å². The van der Waals surface area contributed by atoms with Crippen molar-refractivity contribution in [3.05, 3.63) is 170 Å². The van der Waals surface area contributed by atoms with Gasteiger partial charge in [0.15, 0.2) is 0 Å². The summed E-state index contributed by atoms with van der Waals surface area (Å²) in [5.41, 5.74) is 9.34. The van der Waals surface area contributed by atoms with Crippen LogP contribution in [-0.2, 0) is 0 Å². The number of benzene rings is 9. The summed E-state index contributed by atoms with van der Waals surface area (Å²) in [4.78, 5) is 5.10. The Morgan fingerprint density at radius 2 is 0.962 bits per heavy atom. The number of pyridine rings is 1. The molecule has 0 fully saturated rings. The average molecular weight is 677 g/mol. The van der Waals surface area contributed by atoms with E-state index in [-0.39, 0.29) is 0 Å². The van der Waals surface area contributed by atoms with Gasteiger partial charge in [0.1, 0.15) is 5.65 Å². The number of aromatic nitrogens is 2. The SMILES string of the molecule is c1ccc2c(c1)ccc1c3ccc(-c4c5ccccc5c(-c5ccc6c(c5)c5ccccc5c5nc7ccccc7n65)c5ccccc45)cc3sc21. The second-order valence-electron chi connectivity index (χ2n) is 13.9. The Balaban J connectivity index is 1.14. The summed E-state index contributed by atoms with van der Waals surface area (Å²) in [6.45, 7) is 0. The lowest BCUT2D eigenvalue weighted by Gasteiger charge is -2.18. The molecule has 0 aliphatic heterocycles. The van der Waals surface area contributed by atoms with Crippen LogP contribution in [0.25, 0.3) is 113 Å². The number of thiophene rings is 1. The van der Waals surface area contributed by atoms with Gasteiger partial charge >= 0.3 is 0 Å². The molecule has 0 aliphatic rings. The molecule has 3 heteroatoms. The first-order valence-corrected chi connectivity index (χ1v) is 18.6. The Morgan fingerprint density at radius 3 is 1.71 bits per heavy atom. The predicted molar refractivity (Wildman–Crippen MR) is 224 cm³/mol. The maximum absolute atomic E-state index is 5.10. The van der Waals surface area contributed by atoms with Crippen LogP contribution in [-0.4, -0.2) is 9.38 Å². The van der Waals surface area contributed by atoms with Gasteiger partial charge in [-0.25, -0.2) is 4.98 Å². The third kappa shape index (κ3) is 3.80. The fourth-order valence-electron chi connectivity index (χ4n) is 8.88. The van der Waals surface area contributed by atoms with Gasteiger partial charge in [0, 0.05) is 30.9 Å². The summed E-state index contributed by atoms with van der Waals surface area (Å²) in [5, 5.41) is 13.9. The molecule has 0 aliphatic carbocycles. The second kappa shape index (κ2) is 10.5. The number of hydrogen-bond donors (Lipinski definition) is 0. The Labute approximate surface area is 302 Å². The first kappa shape index (κ1) is 28.2. The molecular weight excluding hydrogens is 649 g/mol. The molecule has 3 aromatic heterocycles. The third-order valence-corrected chi connectivity index (χ3v) is 12.3. The van der Waals surface area contributed by atoms with E-state index in [1.165, 1.54) is 91.0 Å². The second-order valence-corrected chi connectivity index (χ2v) is 14.9. The number of nitrogens with zero attached hydrogens (tertiary/aromatic N) is 2. The van der Waals surface area contributed by atoms with Crippen LogP contribution in [0.15, 0.2) is 170 Å². The first-order valence-electron chi connectivity index (χ1n) is 17.8. The molecule has 3 heterocycles. The number of imidazole rings is 1. The van der Waals surface area contributed by atoms with E-state index in [1.54, 1.807) is 0 Å². The minimum atomic E-state index is 1.00. The Bertz CT molecular complexity index is 3420. The summed E-state index contributed by atoms with van der Waals surface area (Å²) in [5.74, 6) is 0. The van der Waals surface area contributed by atoms with E-state index >= 15 is 0 Å². The van der Waals surface area contributed by atoms with Crippen LogP contribution < -0.4 is 0 Å². The zero-order valence-corrected chi connectivity index (χ0v) is 28.8. The summed E-state index contributed by atoms with van der Waals surface area (Å²) in [6.07, 6.45) is 0. The van der Waals surface area contributed by atoms with Crippen molar-refractivity contribution in [2.75, 3.05) is 0 Å². The molecule has 0 saturated heterocycles. The molecule has 12 aromatic rings. The van der Waals surface area contributed by atoms with Crippen molar-refractivity contribution in [3.8, 4) is 22.3 Å². The van der Waals surface area contributed by atoms with E-state index in [0.717, 1.165) is 22.1 Å². The zero-order chi connectivity index (χ0) is 33.9. The molecule has 0 saturated carbocycles. The number of rotatable bonds is 2. The van der Waals surface area contributed by atoms with Crippen molar-refractivity contribution in [2.45, 2.75) is 0 Å². The molecule has 0 radical (unpaired) electrons. The Morgan fingerprint density at radius 1 is 0.385 bits per heavy atom. The van der Waals surface area contributed by atoms with Gasteiger partial charge < -0.3 is 0 Å². The standard InChI is InChI=1S/C49H28N2S/c1-2-12-32-29(11-1)21-25-39-34-24-22-31(28-45(34)52-48(32)39)47-37-16-6-4-14-35(37)46(36-15-5-7-17-38(36)47)30-23-26-43-41(27-30)33-13-3-8-18-40(33)49-50-42-19-9-10-20-44(42)51(43)49/h1-28H.